The molecule has 6 nitrogen and oxygen atoms in total. The molecule has 1 aliphatic heterocycles. The number of imide groups is 1. The lowest BCUT2D eigenvalue weighted by Gasteiger charge is -2.37. The van der Waals surface area contributed by atoms with Gasteiger partial charge in [0.25, 0.3) is 5.91 Å². The van der Waals surface area contributed by atoms with Crippen LogP contribution in [0.2, 0.25) is 0 Å². The van der Waals surface area contributed by atoms with E-state index in [9.17, 15) is 14.4 Å². The Morgan fingerprint density at radius 3 is 2.21 bits per heavy atom. The molecule has 1 saturated heterocycles. The van der Waals surface area contributed by atoms with Gasteiger partial charge in [0, 0.05) is 5.56 Å². The lowest BCUT2D eigenvalue weighted by molar-refractivity contribution is -0.140. The van der Waals surface area contributed by atoms with Crippen molar-refractivity contribution in [2.75, 3.05) is 18.7 Å². The highest BCUT2D eigenvalue weighted by Gasteiger charge is 2.67. The quantitative estimate of drug-likeness (QED) is 0.524. The van der Waals surface area contributed by atoms with Crippen molar-refractivity contribution in [3.8, 4) is 5.75 Å². The number of anilines is 1. The minimum Gasteiger partial charge on any atom is -0.495 e. The van der Waals surface area contributed by atoms with Crippen molar-refractivity contribution in [1.82, 2.24) is 4.90 Å². The highest BCUT2D eigenvalue weighted by atomic mass is 16.5. The summed E-state index contributed by atoms with van der Waals surface area (Å²) in [6.45, 7) is 1.76. The van der Waals surface area contributed by atoms with Gasteiger partial charge in [0.2, 0.25) is 11.8 Å². The number of amides is 3. The first-order chi connectivity index (χ1) is 16.0. The number of carbonyl (C=O) groups excluding carboxylic acids is 3. The molecule has 5 aliphatic rings. The molecule has 3 fully saturated rings. The number of benzene rings is 2. The molecule has 168 valence electrons. The van der Waals surface area contributed by atoms with Crippen molar-refractivity contribution in [2.24, 2.45) is 35.5 Å². The maximum absolute atomic E-state index is 13.8. The normalized spacial score (nSPS) is 30.8. The van der Waals surface area contributed by atoms with Crippen LogP contribution in [-0.2, 0) is 9.59 Å². The van der Waals surface area contributed by atoms with Gasteiger partial charge in [0.1, 0.15) is 12.4 Å². The first-order valence-corrected chi connectivity index (χ1v) is 11.6. The van der Waals surface area contributed by atoms with Crippen molar-refractivity contribution in [3.63, 3.8) is 0 Å². The highest BCUT2D eigenvalue weighted by Crippen LogP contribution is 2.65. The second kappa shape index (κ2) is 7.30. The van der Waals surface area contributed by atoms with E-state index in [2.05, 4.69) is 12.2 Å². The smallest absolute Gasteiger partial charge is 0.260 e. The van der Waals surface area contributed by atoms with Crippen LogP contribution in [0, 0.1) is 42.4 Å². The van der Waals surface area contributed by atoms with E-state index >= 15 is 0 Å². The monoisotopic (exact) mass is 442 g/mol. The summed E-state index contributed by atoms with van der Waals surface area (Å²) in [6, 6.07) is 14.6. The topological polar surface area (TPSA) is 66.9 Å². The van der Waals surface area contributed by atoms with E-state index in [1.54, 1.807) is 25.3 Å². The molecular formula is C27H26N2O4. The van der Waals surface area contributed by atoms with E-state index in [0.717, 1.165) is 12.0 Å². The van der Waals surface area contributed by atoms with Crippen LogP contribution >= 0.6 is 0 Å². The van der Waals surface area contributed by atoms with E-state index in [1.165, 1.54) is 9.80 Å². The number of carbonyl (C=O) groups is 3. The molecule has 0 unspecified atom stereocenters. The molecule has 33 heavy (non-hydrogen) atoms. The maximum Gasteiger partial charge on any atom is 0.260 e. The standard InChI is InChI=1S/C27H26N2O4/c1-15-7-3-4-8-16(15)25(30)28(21-9-5-6-10-22(21)33-2)14-29-26(31)23-17-11-12-18(20-13-19(17)20)24(23)27(29)32/h3-12,17-20,23-24H,13-14H2,1-2H3/t17-,18-,19-,20-,23+,24+/m1/s1. The van der Waals surface area contributed by atoms with E-state index in [4.69, 9.17) is 4.74 Å². The number of methoxy groups -OCH3 is 1. The molecule has 7 rings (SSSR count). The van der Waals surface area contributed by atoms with Crippen LogP contribution in [0.5, 0.6) is 5.75 Å². The first kappa shape index (κ1) is 20.2. The molecule has 6 heteroatoms. The summed E-state index contributed by atoms with van der Waals surface area (Å²) in [4.78, 5) is 43.7. The fourth-order valence-corrected chi connectivity index (χ4v) is 6.36. The van der Waals surface area contributed by atoms with E-state index in [1.807, 2.05) is 37.3 Å². The molecule has 0 spiro atoms. The molecule has 4 aliphatic carbocycles. The molecule has 2 bridgehead atoms. The van der Waals surface area contributed by atoms with Crippen LogP contribution in [0.3, 0.4) is 0 Å². The molecule has 3 amide bonds. The summed E-state index contributed by atoms with van der Waals surface area (Å²) < 4.78 is 5.53. The van der Waals surface area contributed by atoms with Gasteiger partial charge in [-0.25, -0.2) is 0 Å². The van der Waals surface area contributed by atoms with E-state index in [-0.39, 0.29) is 48.1 Å². The molecule has 2 aromatic rings. The van der Waals surface area contributed by atoms with Crippen molar-refractivity contribution >= 4 is 23.4 Å². The minimum atomic E-state index is -0.288. The fourth-order valence-electron chi connectivity index (χ4n) is 6.36. The van der Waals surface area contributed by atoms with Gasteiger partial charge in [0.05, 0.1) is 24.6 Å². The van der Waals surface area contributed by atoms with E-state index < -0.39 is 0 Å². The van der Waals surface area contributed by atoms with E-state index in [0.29, 0.717) is 28.8 Å². The van der Waals surface area contributed by atoms with Gasteiger partial charge < -0.3 is 4.74 Å². The summed E-state index contributed by atoms with van der Waals surface area (Å²) in [5, 5.41) is 0. The minimum absolute atomic E-state index is 0.118. The second-order valence-corrected chi connectivity index (χ2v) is 9.62. The fraction of sp³-hybridized carbons (Fsp3) is 0.370. The second-order valence-electron chi connectivity index (χ2n) is 9.62. The molecule has 0 radical (unpaired) electrons. The number of para-hydroxylation sites is 2. The molecule has 6 atom stereocenters. The van der Waals surface area contributed by atoms with Crippen molar-refractivity contribution in [1.29, 1.82) is 0 Å². The van der Waals surface area contributed by atoms with Gasteiger partial charge >= 0.3 is 0 Å². The lowest BCUT2D eigenvalue weighted by atomic mass is 9.63. The summed E-state index contributed by atoms with van der Waals surface area (Å²) in [7, 11) is 1.55. The predicted molar refractivity (Wildman–Crippen MR) is 122 cm³/mol. The summed E-state index contributed by atoms with van der Waals surface area (Å²) >= 11 is 0. The Bertz CT molecular complexity index is 1170. The van der Waals surface area contributed by atoms with Gasteiger partial charge in [-0.2, -0.15) is 0 Å². The van der Waals surface area contributed by atoms with Crippen molar-refractivity contribution < 1.29 is 19.1 Å². The predicted octanol–water partition coefficient (Wildman–Crippen LogP) is 3.66. The van der Waals surface area contributed by atoms with Crippen LogP contribution in [0.15, 0.2) is 60.7 Å². The zero-order valence-corrected chi connectivity index (χ0v) is 18.7. The molecule has 0 N–H and O–H groups in total. The van der Waals surface area contributed by atoms with Gasteiger partial charge in [0.15, 0.2) is 0 Å². The third kappa shape index (κ3) is 2.89. The highest BCUT2D eigenvalue weighted by molar-refractivity contribution is 6.10. The van der Waals surface area contributed by atoms with Crippen LogP contribution in [0.25, 0.3) is 0 Å². The zero-order valence-electron chi connectivity index (χ0n) is 18.7. The summed E-state index contributed by atoms with van der Waals surface area (Å²) in [5.74, 6) is 0.758. The molecule has 0 aromatic heterocycles. The molecule has 2 aromatic carbocycles. The molecule has 1 heterocycles. The largest absolute Gasteiger partial charge is 0.495 e. The number of allylic oxidation sites excluding steroid dienone is 2. The summed E-state index contributed by atoms with van der Waals surface area (Å²) in [5.41, 5.74) is 1.90. The van der Waals surface area contributed by atoms with Crippen LogP contribution in [-0.4, -0.2) is 36.4 Å². The van der Waals surface area contributed by atoms with Crippen molar-refractivity contribution in [3.05, 3.63) is 71.8 Å². The van der Waals surface area contributed by atoms with Crippen LogP contribution in [0.4, 0.5) is 5.69 Å². The SMILES string of the molecule is COc1ccccc1N(CN1C(=O)[C@H]2[C@@H]3C=C[C@H]([C@H]4C[C@H]34)[C@@H]2C1=O)C(=O)c1ccccc1C. The number of aryl methyl sites for hydroxylation is 1. The Kier molecular flexibility index (Phi) is 4.47. The first-order valence-electron chi connectivity index (χ1n) is 11.6. The Balaban J connectivity index is 1.38. The molecular weight excluding hydrogens is 416 g/mol. The van der Waals surface area contributed by atoms with Gasteiger partial charge in [-0.15, -0.1) is 0 Å². The van der Waals surface area contributed by atoms with Crippen LogP contribution in [0.1, 0.15) is 22.3 Å². The van der Waals surface area contributed by atoms with Crippen LogP contribution < -0.4 is 9.64 Å². The zero-order chi connectivity index (χ0) is 22.9. The Morgan fingerprint density at radius 1 is 0.970 bits per heavy atom. The Labute approximate surface area is 192 Å². The third-order valence-electron chi connectivity index (χ3n) is 8.03. The van der Waals surface area contributed by atoms with Gasteiger partial charge in [-0.05, 0) is 60.8 Å². The number of rotatable bonds is 5. The number of ether oxygens (including phenoxy) is 1. The average Bonchev–Trinajstić information content (AvgIpc) is 3.62. The Morgan fingerprint density at radius 2 is 1.58 bits per heavy atom. The maximum atomic E-state index is 13.8. The number of nitrogens with zero attached hydrogens (tertiary/aromatic N) is 2. The van der Waals surface area contributed by atoms with Crippen molar-refractivity contribution in [2.45, 2.75) is 13.3 Å². The molecule has 2 saturated carbocycles. The summed E-state index contributed by atoms with van der Waals surface area (Å²) in [6.07, 6.45) is 5.44. The average molecular weight is 443 g/mol. The number of hydrogen-bond acceptors (Lipinski definition) is 4. The number of hydrogen-bond donors (Lipinski definition) is 0. The van der Waals surface area contributed by atoms with Gasteiger partial charge in [-0.1, -0.05) is 42.5 Å². The third-order valence-corrected chi connectivity index (χ3v) is 8.03. The Hall–Kier alpha value is -3.41. The number of likely N-dealkylation sites (tertiary alicyclic amines) is 1. The van der Waals surface area contributed by atoms with Gasteiger partial charge in [-0.3, -0.25) is 24.2 Å². The lowest BCUT2D eigenvalue weighted by Crippen LogP contribution is -2.45.